The number of fused-ring (bicyclic) bond motifs is 1. The van der Waals surface area contributed by atoms with Gasteiger partial charge >= 0.3 is 0 Å². The van der Waals surface area contributed by atoms with Crippen molar-refractivity contribution in [1.29, 1.82) is 0 Å². The van der Waals surface area contributed by atoms with Gasteiger partial charge in [0.05, 0.1) is 17.6 Å². The van der Waals surface area contributed by atoms with Gasteiger partial charge in [-0.3, -0.25) is 14.7 Å². The normalized spacial score (nSPS) is 14.1. The zero-order valence-electron chi connectivity index (χ0n) is 15.1. The van der Waals surface area contributed by atoms with E-state index in [4.69, 9.17) is 0 Å². The quantitative estimate of drug-likeness (QED) is 0.743. The van der Waals surface area contributed by atoms with Crippen LogP contribution in [0, 0.1) is 6.92 Å². The summed E-state index contributed by atoms with van der Waals surface area (Å²) in [7, 11) is 2.00. The van der Waals surface area contributed by atoms with Crippen LogP contribution in [0.15, 0.2) is 42.7 Å². The first-order valence-corrected chi connectivity index (χ1v) is 8.96. The molecule has 0 aliphatic heterocycles. The molecule has 1 aliphatic carbocycles. The molecule has 6 nitrogen and oxygen atoms in total. The Morgan fingerprint density at radius 1 is 1.27 bits per heavy atom. The minimum atomic E-state index is 0.0120. The number of imidazole rings is 1. The Balaban J connectivity index is 1.43. The minimum Gasteiger partial charge on any atom is -0.331 e. The Labute approximate surface area is 152 Å². The van der Waals surface area contributed by atoms with Crippen LogP contribution in [0.2, 0.25) is 0 Å². The molecule has 3 aromatic rings. The number of pyridine rings is 1. The molecule has 26 heavy (non-hydrogen) atoms. The number of amides is 1. The molecular formula is C20H23N5O. The SMILES string of the molecule is Cc1nc2cc(NC(=O)CN(Cc3ccncc3)C3CC3)ccc2n1C. The number of aromatic nitrogens is 3. The lowest BCUT2D eigenvalue weighted by Crippen LogP contribution is -2.34. The molecule has 1 amide bonds. The van der Waals surface area contributed by atoms with E-state index in [1.165, 1.54) is 5.56 Å². The molecule has 4 rings (SSSR count). The number of rotatable bonds is 6. The van der Waals surface area contributed by atoms with E-state index in [2.05, 4.69) is 20.2 Å². The second kappa shape index (κ2) is 6.88. The van der Waals surface area contributed by atoms with E-state index in [9.17, 15) is 4.79 Å². The van der Waals surface area contributed by atoms with Crippen LogP contribution in [0.1, 0.15) is 24.2 Å². The maximum absolute atomic E-state index is 12.6. The van der Waals surface area contributed by atoms with Gasteiger partial charge < -0.3 is 9.88 Å². The van der Waals surface area contributed by atoms with Crippen molar-refractivity contribution < 1.29 is 4.79 Å². The van der Waals surface area contributed by atoms with Gasteiger partial charge in [-0.15, -0.1) is 0 Å². The zero-order chi connectivity index (χ0) is 18.1. The lowest BCUT2D eigenvalue weighted by molar-refractivity contribution is -0.117. The number of nitrogens with one attached hydrogen (secondary N) is 1. The van der Waals surface area contributed by atoms with Crippen molar-refractivity contribution in [3.05, 3.63) is 54.1 Å². The molecule has 0 saturated heterocycles. The molecule has 1 fully saturated rings. The van der Waals surface area contributed by atoms with Gasteiger partial charge in [-0.05, 0) is 55.7 Å². The molecule has 0 unspecified atom stereocenters. The number of anilines is 1. The maximum Gasteiger partial charge on any atom is 0.238 e. The minimum absolute atomic E-state index is 0.0120. The van der Waals surface area contributed by atoms with Crippen molar-refractivity contribution in [1.82, 2.24) is 19.4 Å². The largest absolute Gasteiger partial charge is 0.331 e. The van der Waals surface area contributed by atoms with Crippen LogP contribution in [0.4, 0.5) is 5.69 Å². The van der Waals surface area contributed by atoms with Crippen molar-refractivity contribution in [3.8, 4) is 0 Å². The third-order valence-corrected chi connectivity index (χ3v) is 4.93. The first-order chi connectivity index (χ1) is 12.6. The van der Waals surface area contributed by atoms with Gasteiger partial charge in [0.25, 0.3) is 0 Å². The van der Waals surface area contributed by atoms with Gasteiger partial charge in [-0.1, -0.05) is 0 Å². The second-order valence-corrected chi connectivity index (χ2v) is 6.96. The van der Waals surface area contributed by atoms with Crippen LogP contribution in [-0.4, -0.2) is 37.9 Å². The van der Waals surface area contributed by atoms with Crippen molar-refractivity contribution in [2.45, 2.75) is 32.4 Å². The zero-order valence-corrected chi connectivity index (χ0v) is 15.1. The number of benzene rings is 1. The average Bonchev–Trinajstić information content (AvgIpc) is 3.43. The first kappa shape index (κ1) is 16.7. The molecule has 0 bridgehead atoms. The molecule has 1 aromatic carbocycles. The number of carbonyl (C=O) groups excluding carboxylic acids is 1. The highest BCUT2D eigenvalue weighted by molar-refractivity contribution is 5.94. The Kier molecular flexibility index (Phi) is 4.42. The highest BCUT2D eigenvalue weighted by Gasteiger charge is 2.30. The van der Waals surface area contributed by atoms with Gasteiger partial charge in [-0.2, -0.15) is 0 Å². The predicted molar refractivity (Wildman–Crippen MR) is 102 cm³/mol. The van der Waals surface area contributed by atoms with Gasteiger partial charge in [0.15, 0.2) is 0 Å². The molecular weight excluding hydrogens is 326 g/mol. The number of hydrogen-bond acceptors (Lipinski definition) is 4. The molecule has 6 heteroatoms. The fourth-order valence-corrected chi connectivity index (χ4v) is 3.26. The summed E-state index contributed by atoms with van der Waals surface area (Å²) in [5, 5.41) is 3.02. The van der Waals surface area contributed by atoms with Crippen LogP contribution in [0.3, 0.4) is 0 Å². The summed E-state index contributed by atoms with van der Waals surface area (Å²) < 4.78 is 2.05. The highest BCUT2D eigenvalue weighted by Crippen LogP contribution is 2.28. The molecule has 1 N–H and O–H groups in total. The molecule has 1 aliphatic rings. The van der Waals surface area contributed by atoms with Gasteiger partial charge in [0.1, 0.15) is 5.82 Å². The van der Waals surface area contributed by atoms with Crippen LogP contribution >= 0.6 is 0 Å². The molecule has 0 spiro atoms. The fraction of sp³-hybridized carbons (Fsp3) is 0.350. The van der Waals surface area contributed by atoms with E-state index in [1.54, 1.807) is 12.4 Å². The third kappa shape index (κ3) is 3.60. The van der Waals surface area contributed by atoms with Crippen molar-refractivity contribution in [3.63, 3.8) is 0 Å². The predicted octanol–water partition coefficient (Wildman–Crippen LogP) is 2.88. The van der Waals surface area contributed by atoms with Gasteiger partial charge in [-0.25, -0.2) is 4.98 Å². The second-order valence-electron chi connectivity index (χ2n) is 6.96. The summed E-state index contributed by atoms with van der Waals surface area (Å²) in [6.07, 6.45) is 5.92. The van der Waals surface area contributed by atoms with Crippen molar-refractivity contribution in [2.24, 2.45) is 7.05 Å². The number of hydrogen-bond donors (Lipinski definition) is 1. The maximum atomic E-state index is 12.6. The lowest BCUT2D eigenvalue weighted by atomic mass is 10.2. The summed E-state index contributed by atoms with van der Waals surface area (Å²) in [5.41, 5.74) is 3.95. The van der Waals surface area contributed by atoms with Crippen molar-refractivity contribution in [2.75, 3.05) is 11.9 Å². The third-order valence-electron chi connectivity index (χ3n) is 4.93. The smallest absolute Gasteiger partial charge is 0.238 e. The first-order valence-electron chi connectivity index (χ1n) is 8.96. The van der Waals surface area contributed by atoms with Crippen molar-refractivity contribution >= 4 is 22.6 Å². The summed E-state index contributed by atoms with van der Waals surface area (Å²) in [5.74, 6) is 0.971. The Bertz CT molecular complexity index is 930. The van der Waals surface area contributed by atoms with Crippen LogP contribution in [0.5, 0.6) is 0 Å². The molecule has 134 valence electrons. The summed E-state index contributed by atoms with van der Waals surface area (Å²) in [6, 6.07) is 10.4. The Morgan fingerprint density at radius 3 is 2.77 bits per heavy atom. The van der Waals surface area contributed by atoms with E-state index in [0.29, 0.717) is 12.6 Å². The monoisotopic (exact) mass is 349 g/mol. The standard InChI is InChI=1S/C20H23N5O/c1-14-22-18-11-16(3-6-19(18)24(14)2)23-20(26)13-25(17-4-5-17)12-15-7-9-21-10-8-15/h3,6-11,17H,4-5,12-13H2,1-2H3,(H,23,26). The van der Waals surface area contributed by atoms with E-state index < -0.39 is 0 Å². The summed E-state index contributed by atoms with van der Waals surface area (Å²) in [6.45, 7) is 3.15. The van der Waals surface area contributed by atoms with E-state index in [1.807, 2.05) is 48.9 Å². The molecule has 2 aromatic heterocycles. The topological polar surface area (TPSA) is 63.1 Å². The van der Waals surface area contributed by atoms with Crippen LogP contribution < -0.4 is 5.32 Å². The molecule has 0 atom stereocenters. The number of carbonyl (C=O) groups is 1. The highest BCUT2D eigenvalue weighted by atomic mass is 16.2. The van der Waals surface area contributed by atoms with E-state index in [0.717, 1.165) is 41.9 Å². The van der Waals surface area contributed by atoms with Crippen LogP contribution in [0.25, 0.3) is 11.0 Å². The molecule has 1 saturated carbocycles. The van der Waals surface area contributed by atoms with Gasteiger partial charge in [0, 0.05) is 37.7 Å². The average molecular weight is 349 g/mol. The lowest BCUT2D eigenvalue weighted by Gasteiger charge is -2.21. The Hall–Kier alpha value is -2.73. The van der Waals surface area contributed by atoms with Crippen LogP contribution in [-0.2, 0) is 18.4 Å². The number of nitrogens with zero attached hydrogens (tertiary/aromatic N) is 4. The van der Waals surface area contributed by atoms with Gasteiger partial charge in [0.2, 0.25) is 5.91 Å². The summed E-state index contributed by atoms with van der Waals surface area (Å²) >= 11 is 0. The molecule has 0 radical (unpaired) electrons. The summed E-state index contributed by atoms with van der Waals surface area (Å²) in [4.78, 5) is 23.4. The van der Waals surface area contributed by atoms with E-state index in [-0.39, 0.29) is 5.91 Å². The van der Waals surface area contributed by atoms with E-state index >= 15 is 0 Å². The fourth-order valence-electron chi connectivity index (χ4n) is 3.26. The Morgan fingerprint density at radius 2 is 2.04 bits per heavy atom. The molecule has 2 heterocycles. The number of aryl methyl sites for hydroxylation is 2.